The third-order valence-corrected chi connectivity index (χ3v) is 9.85. The zero-order valence-electron chi connectivity index (χ0n) is 17.1. The van der Waals surface area contributed by atoms with Gasteiger partial charge in [-0.1, -0.05) is 11.8 Å². The van der Waals surface area contributed by atoms with Gasteiger partial charge in [-0.15, -0.1) is 0 Å². The molecule has 1 saturated heterocycles. The Kier molecular flexibility index (Phi) is 8.70. The zero-order chi connectivity index (χ0) is 24.1. The minimum absolute atomic E-state index is 0.104. The molecule has 0 aromatic heterocycles. The maximum atomic E-state index is 12.9. The number of primary sulfonamides is 1. The fourth-order valence-electron chi connectivity index (χ4n) is 3.14. The number of rotatable bonds is 7. The Morgan fingerprint density at radius 3 is 2.38 bits per heavy atom. The Morgan fingerprint density at radius 2 is 1.91 bits per heavy atom. The van der Waals surface area contributed by atoms with Gasteiger partial charge in [-0.25, -0.2) is 31.6 Å². The van der Waals surface area contributed by atoms with Crippen LogP contribution in [-0.4, -0.2) is 62.8 Å². The lowest BCUT2D eigenvalue weighted by Gasteiger charge is -2.25. The number of nitrogens with one attached hydrogen (secondary N) is 1. The van der Waals surface area contributed by atoms with E-state index < -0.39 is 36.4 Å². The Hall–Kier alpha value is -2.13. The van der Waals surface area contributed by atoms with E-state index in [1.54, 1.807) is 6.08 Å². The zero-order valence-corrected chi connectivity index (χ0v) is 19.5. The van der Waals surface area contributed by atoms with Crippen molar-refractivity contribution in [3.05, 3.63) is 44.7 Å². The van der Waals surface area contributed by atoms with Crippen LogP contribution in [0.4, 0.5) is 0 Å². The Bertz CT molecular complexity index is 1080. The van der Waals surface area contributed by atoms with Crippen LogP contribution in [0.3, 0.4) is 0 Å². The third kappa shape index (κ3) is 6.68. The number of carbonyl (C=O) groups is 2. The summed E-state index contributed by atoms with van der Waals surface area (Å²) in [7, 11) is -7.60. The van der Waals surface area contributed by atoms with E-state index in [9.17, 15) is 26.4 Å². The van der Waals surface area contributed by atoms with Crippen molar-refractivity contribution in [1.29, 1.82) is 0 Å². The minimum atomic E-state index is -3.94. The predicted molar refractivity (Wildman–Crippen MR) is 118 cm³/mol. The van der Waals surface area contributed by atoms with Crippen LogP contribution in [0.15, 0.2) is 44.7 Å². The maximum Gasteiger partial charge on any atom is 0.328 e. The monoisotopic (exact) mass is 508 g/mol. The standard InChI is InChI=1S/C14H20N2O5S3.C4H4O4/c1-2-16-12-7-10(6-9-4-3-5-21-9)23(17,18)14-11(12)8-13(22-14)24(15,19)20;5-3(6)1-2-4(7)8/h7-9,14,16H,2-6H2,1H3,(H2,15,19,20);1-2H,(H,5,6)(H,7,8)/b;2-1-. The van der Waals surface area contributed by atoms with Gasteiger partial charge in [-0.2, -0.15) is 0 Å². The maximum absolute atomic E-state index is 12.9. The number of hydrogen-bond donors (Lipinski definition) is 4. The summed E-state index contributed by atoms with van der Waals surface area (Å²) >= 11 is 0.780. The van der Waals surface area contributed by atoms with Crippen molar-refractivity contribution in [1.82, 2.24) is 5.32 Å². The van der Waals surface area contributed by atoms with Crippen LogP contribution in [0.2, 0.25) is 0 Å². The Balaban J connectivity index is 0.000000390. The number of ether oxygens (including phenoxy) is 1. The highest BCUT2D eigenvalue weighted by molar-refractivity contribution is 8.25. The molecule has 1 fully saturated rings. The Morgan fingerprint density at radius 1 is 1.28 bits per heavy atom. The molecule has 32 heavy (non-hydrogen) atoms. The molecule has 3 rings (SSSR count). The summed E-state index contributed by atoms with van der Waals surface area (Å²) in [6.45, 7) is 3.14. The third-order valence-electron chi connectivity index (χ3n) is 4.48. The van der Waals surface area contributed by atoms with E-state index >= 15 is 0 Å². The molecule has 3 aliphatic rings. The van der Waals surface area contributed by atoms with Gasteiger partial charge >= 0.3 is 11.9 Å². The molecule has 0 spiro atoms. The molecule has 5 N–H and O–H groups in total. The van der Waals surface area contributed by atoms with Gasteiger partial charge in [0.1, 0.15) is 8.82 Å². The van der Waals surface area contributed by atoms with Gasteiger partial charge in [0.2, 0.25) is 10.0 Å². The average molecular weight is 509 g/mol. The van der Waals surface area contributed by atoms with E-state index in [0.717, 1.165) is 24.6 Å². The first-order chi connectivity index (χ1) is 14.9. The quantitative estimate of drug-likeness (QED) is 0.353. The van der Waals surface area contributed by atoms with Crippen LogP contribution in [-0.2, 0) is 34.2 Å². The van der Waals surface area contributed by atoms with Crippen LogP contribution in [0.1, 0.15) is 26.2 Å². The molecule has 3 aliphatic heterocycles. The van der Waals surface area contributed by atoms with Crippen molar-refractivity contribution in [3.8, 4) is 0 Å². The summed E-state index contributed by atoms with van der Waals surface area (Å²) in [6, 6.07) is 0. The molecule has 3 heterocycles. The first-order valence-electron chi connectivity index (χ1n) is 9.45. The summed E-state index contributed by atoms with van der Waals surface area (Å²) in [5, 5.41) is 23.9. The summed E-state index contributed by atoms with van der Waals surface area (Å²) in [6.07, 6.45) is 6.05. The molecule has 0 amide bonds. The van der Waals surface area contributed by atoms with E-state index in [0.29, 0.717) is 43.0 Å². The van der Waals surface area contributed by atoms with Gasteiger partial charge in [0.25, 0.3) is 0 Å². The van der Waals surface area contributed by atoms with Gasteiger partial charge < -0.3 is 20.3 Å². The van der Waals surface area contributed by atoms with Gasteiger partial charge in [0, 0.05) is 43.0 Å². The summed E-state index contributed by atoms with van der Waals surface area (Å²) in [5.41, 5.74) is 1.08. The molecule has 14 heteroatoms. The summed E-state index contributed by atoms with van der Waals surface area (Å²) in [5.74, 6) is -2.51. The van der Waals surface area contributed by atoms with Crippen molar-refractivity contribution in [2.45, 2.75) is 36.9 Å². The number of fused-ring (bicyclic) bond motifs is 1. The minimum Gasteiger partial charge on any atom is -0.478 e. The van der Waals surface area contributed by atoms with E-state index in [-0.39, 0.29) is 15.2 Å². The highest BCUT2D eigenvalue weighted by Crippen LogP contribution is 2.47. The number of thioether (sulfide) groups is 1. The molecule has 0 aromatic carbocycles. The second kappa shape index (κ2) is 10.7. The second-order valence-corrected chi connectivity index (χ2v) is 12.2. The van der Waals surface area contributed by atoms with Crippen molar-refractivity contribution in [2.75, 3.05) is 13.2 Å². The van der Waals surface area contributed by atoms with Gasteiger partial charge in [0.15, 0.2) is 9.84 Å². The lowest BCUT2D eigenvalue weighted by Crippen LogP contribution is -2.29. The molecule has 0 bridgehead atoms. The number of allylic oxidation sites excluding steroid dienone is 2. The molecule has 2 unspecified atom stereocenters. The molecule has 2 atom stereocenters. The van der Waals surface area contributed by atoms with E-state index in [1.165, 1.54) is 6.08 Å². The molecule has 178 valence electrons. The number of nitrogens with two attached hydrogens (primary N) is 1. The SMILES string of the molecule is CCNC1=C2C=C(S(N)(=O)=O)SC2S(=O)(=O)C(CC2CCCO2)=C1.O=C(O)/C=C\C(=O)O. The number of hydrogen-bond acceptors (Lipinski definition) is 9. The number of sulfonamides is 1. The lowest BCUT2D eigenvalue weighted by molar-refractivity contribution is -0.134. The van der Waals surface area contributed by atoms with Crippen LogP contribution >= 0.6 is 11.8 Å². The molecule has 0 aromatic rings. The van der Waals surface area contributed by atoms with Crippen molar-refractivity contribution < 1.29 is 41.4 Å². The van der Waals surface area contributed by atoms with E-state index in [1.807, 2.05) is 6.92 Å². The van der Waals surface area contributed by atoms with Crippen LogP contribution < -0.4 is 10.5 Å². The lowest BCUT2D eigenvalue weighted by atomic mass is 10.1. The molecule has 0 saturated carbocycles. The van der Waals surface area contributed by atoms with Crippen molar-refractivity contribution >= 4 is 43.6 Å². The number of carboxylic acid groups (broad SMARTS) is 2. The van der Waals surface area contributed by atoms with Crippen LogP contribution in [0, 0.1) is 0 Å². The predicted octanol–water partition coefficient (Wildman–Crippen LogP) is 0.646. The van der Waals surface area contributed by atoms with Crippen molar-refractivity contribution in [3.63, 3.8) is 0 Å². The van der Waals surface area contributed by atoms with Gasteiger partial charge in [0.05, 0.1) is 11.0 Å². The fourth-order valence-corrected chi connectivity index (χ4v) is 7.86. The van der Waals surface area contributed by atoms with Crippen molar-refractivity contribution in [2.24, 2.45) is 5.14 Å². The highest BCUT2D eigenvalue weighted by Gasteiger charge is 2.44. The highest BCUT2D eigenvalue weighted by atomic mass is 32.3. The first kappa shape index (κ1) is 26.1. The normalized spacial score (nSPS) is 24.3. The molecule has 0 radical (unpaired) electrons. The van der Waals surface area contributed by atoms with E-state index in [4.69, 9.17) is 20.1 Å². The van der Waals surface area contributed by atoms with Crippen LogP contribution in [0.25, 0.3) is 0 Å². The number of likely N-dealkylation sites (N-methyl/N-ethyl adjacent to an activating group) is 1. The Labute approximate surface area is 190 Å². The smallest absolute Gasteiger partial charge is 0.328 e. The summed E-state index contributed by atoms with van der Waals surface area (Å²) < 4.78 is 53.6. The van der Waals surface area contributed by atoms with Crippen LogP contribution in [0.5, 0.6) is 0 Å². The number of carboxylic acids is 2. The first-order valence-corrected chi connectivity index (χ1v) is 13.4. The second-order valence-electron chi connectivity index (χ2n) is 6.86. The fraction of sp³-hybridized carbons (Fsp3) is 0.444. The molecule has 0 aliphatic carbocycles. The van der Waals surface area contributed by atoms with Gasteiger partial charge in [-0.05, 0) is 31.9 Å². The molecule has 11 nitrogen and oxygen atoms in total. The van der Waals surface area contributed by atoms with Gasteiger partial charge in [-0.3, -0.25) is 0 Å². The molecular weight excluding hydrogens is 484 g/mol. The summed E-state index contributed by atoms with van der Waals surface area (Å²) in [4.78, 5) is 19.4. The molecular formula is C18H24N2O9S3. The number of sulfone groups is 1. The largest absolute Gasteiger partial charge is 0.478 e. The number of aliphatic carboxylic acids is 2. The average Bonchev–Trinajstić information content (AvgIpc) is 3.35. The van der Waals surface area contributed by atoms with E-state index in [2.05, 4.69) is 5.32 Å². The topological polar surface area (TPSA) is 190 Å².